The van der Waals surface area contributed by atoms with Crippen LogP contribution in [-0.2, 0) is 4.74 Å². The van der Waals surface area contributed by atoms with Crippen LogP contribution in [-0.4, -0.2) is 53.0 Å². The molecule has 0 fully saturated rings. The minimum absolute atomic E-state index is 0.0686. The minimum atomic E-state index is -0.360. The lowest BCUT2D eigenvalue weighted by Crippen LogP contribution is -2.32. The van der Waals surface area contributed by atoms with E-state index in [1.807, 2.05) is 43.3 Å². The quantitative estimate of drug-likeness (QED) is 0.643. The van der Waals surface area contributed by atoms with Crippen LogP contribution in [0.25, 0.3) is 11.3 Å². The van der Waals surface area contributed by atoms with Crippen LogP contribution in [0.1, 0.15) is 34.6 Å². The van der Waals surface area contributed by atoms with Gasteiger partial charge in [0.2, 0.25) is 0 Å². The summed E-state index contributed by atoms with van der Waals surface area (Å²) in [4.78, 5) is 14.9. The van der Waals surface area contributed by atoms with Crippen LogP contribution in [0.3, 0.4) is 0 Å². The maximum atomic E-state index is 13.1. The Morgan fingerprint density at radius 1 is 1.21 bits per heavy atom. The third-order valence-corrected chi connectivity index (χ3v) is 5.05. The molecule has 4 rings (SSSR count). The van der Waals surface area contributed by atoms with Crippen LogP contribution in [0.4, 0.5) is 0 Å². The van der Waals surface area contributed by atoms with Gasteiger partial charge in [-0.15, -0.1) is 0 Å². The van der Waals surface area contributed by atoms with Crippen LogP contribution >= 0.6 is 0 Å². The van der Waals surface area contributed by atoms with Crippen molar-refractivity contribution in [1.82, 2.24) is 15.1 Å². The highest BCUT2D eigenvalue weighted by Crippen LogP contribution is 2.44. The molecule has 1 atom stereocenters. The van der Waals surface area contributed by atoms with Crippen molar-refractivity contribution in [2.45, 2.75) is 13.0 Å². The predicted octanol–water partition coefficient (Wildman–Crippen LogP) is 3.37. The van der Waals surface area contributed by atoms with Crippen LogP contribution in [0, 0.1) is 0 Å². The maximum Gasteiger partial charge on any atom is 0.273 e. The summed E-state index contributed by atoms with van der Waals surface area (Å²) in [6.07, 6.45) is 0. The Balaban J connectivity index is 1.86. The van der Waals surface area contributed by atoms with E-state index in [-0.39, 0.29) is 17.7 Å². The van der Waals surface area contributed by atoms with E-state index < -0.39 is 0 Å². The number of nitrogens with zero attached hydrogens (tertiary/aromatic N) is 2. The number of rotatable bonds is 7. The summed E-state index contributed by atoms with van der Waals surface area (Å²) in [5.74, 6) is 0.337. The van der Waals surface area contributed by atoms with Gasteiger partial charge in [0.05, 0.1) is 24.9 Å². The van der Waals surface area contributed by atoms with Crippen molar-refractivity contribution in [3.8, 4) is 22.8 Å². The Kier molecular flexibility index (Phi) is 5.22. The number of fused-ring (bicyclic) bond motifs is 1. The van der Waals surface area contributed by atoms with Crippen molar-refractivity contribution < 1.29 is 19.4 Å². The third kappa shape index (κ3) is 3.34. The molecular formula is C22H23N3O4. The van der Waals surface area contributed by atoms with Gasteiger partial charge in [0.25, 0.3) is 5.91 Å². The first-order valence-corrected chi connectivity index (χ1v) is 9.55. The zero-order valence-corrected chi connectivity index (χ0v) is 16.4. The number of H-pyrrole nitrogens is 1. The molecule has 1 unspecified atom stereocenters. The molecule has 0 spiro atoms. The van der Waals surface area contributed by atoms with Crippen molar-refractivity contribution >= 4 is 5.91 Å². The van der Waals surface area contributed by atoms with E-state index in [1.165, 1.54) is 0 Å². The number of methoxy groups -OCH3 is 1. The van der Waals surface area contributed by atoms with E-state index in [0.717, 1.165) is 22.4 Å². The number of carbonyl (C=O) groups excluding carboxylic acids is 1. The zero-order valence-electron chi connectivity index (χ0n) is 16.4. The van der Waals surface area contributed by atoms with Gasteiger partial charge in [-0.1, -0.05) is 36.4 Å². The summed E-state index contributed by atoms with van der Waals surface area (Å²) in [5, 5.41) is 17.5. The Labute approximate surface area is 168 Å². The number of ether oxygens (including phenoxy) is 2. The summed E-state index contributed by atoms with van der Waals surface area (Å²) in [7, 11) is 1.61. The van der Waals surface area contributed by atoms with Crippen molar-refractivity contribution in [3.05, 3.63) is 65.4 Å². The van der Waals surface area contributed by atoms with Gasteiger partial charge >= 0.3 is 0 Å². The fraction of sp³-hybridized carbons (Fsp3) is 0.273. The van der Waals surface area contributed by atoms with Crippen LogP contribution < -0.4 is 4.74 Å². The second kappa shape index (κ2) is 7.97. The Morgan fingerprint density at radius 3 is 2.72 bits per heavy atom. The number of aromatic nitrogens is 2. The normalized spacial score (nSPS) is 15.6. The molecule has 1 aliphatic heterocycles. The number of hydrogen-bond donors (Lipinski definition) is 2. The molecule has 0 aliphatic carbocycles. The number of phenols is 1. The van der Waals surface area contributed by atoms with Crippen molar-refractivity contribution in [3.63, 3.8) is 0 Å². The van der Waals surface area contributed by atoms with Gasteiger partial charge < -0.3 is 19.5 Å². The topological polar surface area (TPSA) is 87.7 Å². The van der Waals surface area contributed by atoms with E-state index >= 15 is 0 Å². The predicted molar refractivity (Wildman–Crippen MR) is 108 cm³/mol. The van der Waals surface area contributed by atoms with E-state index in [2.05, 4.69) is 10.2 Å². The number of hydrogen-bond acceptors (Lipinski definition) is 5. The molecule has 1 aliphatic rings. The smallest absolute Gasteiger partial charge is 0.273 e. The van der Waals surface area contributed by atoms with Gasteiger partial charge in [-0.05, 0) is 24.6 Å². The molecule has 0 radical (unpaired) electrons. The lowest BCUT2D eigenvalue weighted by atomic mass is 9.96. The summed E-state index contributed by atoms with van der Waals surface area (Å²) < 4.78 is 10.8. The average Bonchev–Trinajstić information content (AvgIpc) is 3.28. The molecule has 2 heterocycles. The SMILES string of the molecule is CCOc1cc(C2c3c(-c4ccccc4)n[nH]c3C(=O)N2CCOC)ccc1O. The van der Waals surface area contributed by atoms with E-state index in [9.17, 15) is 9.90 Å². The fourth-order valence-corrected chi connectivity index (χ4v) is 3.75. The average molecular weight is 393 g/mol. The standard InChI is InChI=1S/C22H23N3O4/c1-3-29-17-13-15(9-10-16(17)26)21-18-19(14-7-5-4-6-8-14)23-24-20(18)22(27)25(21)11-12-28-2/h4-10,13,21,26H,3,11-12H2,1-2H3,(H,23,24). The first kappa shape index (κ1) is 19.0. The van der Waals surface area contributed by atoms with Gasteiger partial charge in [0.1, 0.15) is 5.69 Å². The van der Waals surface area contributed by atoms with E-state index in [4.69, 9.17) is 9.47 Å². The molecule has 2 N–H and O–H groups in total. The molecule has 7 nitrogen and oxygen atoms in total. The van der Waals surface area contributed by atoms with Gasteiger partial charge in [-0.25, -0.2) is 0 Å². The number of aromatic amines is 1. The summed E-state index contributed by atoms with van der Waals surface area (Å²) >= 11 is 0. The van der Waals surface area contributed by atoms with Gasteiger partial charge in [0, 0.05) is 24.8 Å². The molecule has 7 heteroatoms. The lowest BCUT2D eigenvalue weighted by Gasteiger charge is -2.26. The largest absolute Gasteiger partial charge is 0.504 e. The molecule has 0 saturated heterocycles. The molecule has 0 saturated carbocycles. The van der Waals surface area contributed by atoms with Crippen molar-refractivity contribution in [1.29, 1.82) is 0 Å². The summed E-state index contributed by atoms with van der Waals surface area (Å²) in [6, 6.07) is 14.6. The van der Waals surface area contributed by atoms with Crippen molar-refractivity contribution in [2.24, 2.45) is 0 Å². The monoisotopic (exact) mass is 393 g/mol. The molecule has 150 valence electrons. The number of amides is 1. The van der Waals surface area contributed by atoms with Crippen molar-refractivity contribution in [2.75, 3.05) is 26.9 Å². The number of benzene rings is 2. The molecule has 2 aromatic carbocycles. The van der Waals surface area contributed by atoms with Gasteiger partial charge in [-0.3, -0.25) is 9.89 Å². The molecule has 1 amide bonds. The Morgan fingerprint density at radius 2 is 2.00 bits per heavy atom. The number of aromatic hydroxyl groups is 1. The highest BCUT2D eigenvalue weighted by Gasteiger charge is 2.42. The maximum absolute atomic E-state index is 13.1. The third-order valence-electron chi connectivity index (χ3n) is 5.05. The molecule has 0 bridgehead atoms. The number of phenolic OH excluding ortho intramolecular Hbond substituents is 1. The van der Waals surface area contributed by atoms with Gasteiger partial charge in [-0.2, -0.15) is 5.10 Å². The highest BCUT2D eigenvalue weighted by molar-refractivity contribution is 6.00. The molecule has 1 aromatic heterocycles. The molecule has 3 aromatic rings. The molecular weight excluding hydrogens is 370 g/mol. The van der Waals surface area contributed by atoms with Crippen LogP contribution in [0.5, 0.6) is 11.5 Å². The first-order valence-electron chi connectivity index (χ1n) is 9.55. The van der Waals surface area contributed by atoms with Crippen LogP contribution in [0.15, 0.2) is 48.5 Å². The van der Waals surface area contributed by atoms with Crippen LogP contribution in [0.2, 0.25) is 0 Å². The minimum Gasteiger partial charge on any atom is -0.504 e. The van der Waals surface area contributed by atoms with E-state index in [1.54, 1.807) is 24.1 Å². The lowest BCUT2D eigenvalue weighted by molar-refractivity contribution is 0.0677. The highest BCUT2D eigenvalue weighted by atomic mass is 16.5. The fourth-order valence-electron chi connectivity index (χ4n) is 3.75. The Hall–Kier alpha value is -3.32. The second-order valence-corrected chi connectivity index (χ2v) is 6.78. The zero-order chi connectivity index (χ0) is 20.4. The van der Waals surface area contributed by atoms with Gasteiger partial charge in [0.15, 0.2) is 11.5 Å². The summed E-state index contributed by atoms with van der Waals surface area (Å²) in [5.41, 5.74) is 3.82. The first-order chi connectivity index (χ1) is 14.2. The Bertz CT molecular complexity index is 1020. The number of carbonyl (C=O) groups is 1. The second-order valence-electron chi connectivity index (χ2n) is 6.78. The summed E-state index contributed by atoms with van der Waals surface area (Å²) in [6.45, 7) is 3.14. The number of nitrogens with one attached hydrogen (secondary N) is 1. The van der Waals surface area contributed by atoms with E-state index in [0.29, 0.717) is 31.2 Å². The molecule has 29 heavy (non-hydrogen) atoms.